The Morgan fingerprint density at radius 2 is 1.75 bits per heavy atom. The van der Waals surface area contributed by atoms with Gasteiger partial charge in [-0.25, -0.2) is 4.63 Å². The summed E-state index contributed by atoms with van der Waals surface area (Å²) < 4.78 is 4.64. The molecule has 0 atom stereocenters. The quantitative estimate of drug-likeness (QED) is 0.537. The number of nitro groups is 1. The molecule has 1 heterocycles. The van der Waals surface area contributed by atoms with Crippen molar-refractivity contribution in [1.29, 1.82) is 0 Å². The van der Waals surface area contributed by atoms with E-state index in [1.54, 1.807) is 6.07 Å². The van der Waals surface area contributed by atoms with Crippen LogP contribution in [-0.2, 0) is 12.8 Å². The van der Waals surface area contributed by atoms with Gasteiger partial charge in [0.05, 0.1) is 4.92 Å². The fraction of sp³-hybridized carbons (Fsp3) is 0.143. The average molecular weight is 269 g/mol. The number of nitro benzene ring substituents is 1. The van der Waals surface area contributed by atoms with Gasteiger partial charge in [0, 0.05) is 6.07 Å². The molecule has 0 N–H and O–H groups in total. The van der Waals surface area contributed by atoms with Crippen molar-refractivity contribution in [2.24, 2.45) is 0 Å². The van der Waals surface area contributed by atoms with Crippen LogP contribution in [0.2, 0.25) is 0 Å². The lowest BCUT2D eigenvalue weighted by atomic mass is 10.0. The van der Waals surface area contributed by atoms with E-state index < -0.39 is 4.92 Å². The number of aromatic nitrogens is 2. The minimum absolute atomic E-state index is 0.0790. The monoisotopic (exact) mass is 269 g/mol. The number of hydrogen-bond donors (Lipinski definition) is 0. The molecule has 1 aromatic heterocycles. The number of aryl methyl sites for hydroxylation is 2. The summed E-state index contributed by atoms with van der Waals surface area (Å²) in [5, 5.41) is 18.3. The largest absolute Gasteiger partial charge is 0.300 e. The third-order valence-corrected chi connectivity index (χ3v) is 3.20. The van der Waals surface area contributed by atoms with Crippen LogP contribution in [0.15, 0.2) is 47.1 Å². The van der Waals surface area contributed by atoms with E-state index in [0.29, 0.717) is 5.52 Å². The fourth-order valence-corrected chi connectivity index (χ4v) is 2.18. The van der Waals surface area contributed by atoms with Crippen molar-refractivity contribution in [2.75, 3.05) is 0 Å². The third-order valence-electron chi connectivity index (χ3n) is 3.20. The molecular weight excluding hydrogens is 258 g/mol. The number of rotatable bonds is 4. The van der Waals surface area contributed by atoms with E-state index in [1.165, 1.54) is 11.6 Å². The molecule has 6 nitrogen and oxygen atoms in total. The molecule has 0 aliphatic heterocycles. The molecule has 20 heavy (non-hydrogen) atoms. The zero-order valence-electron chi connectivity index (χ0n) is 10.5. The standard InChI is InChI=1S/C14H11N3O3/c18-17(19)12-9-8-11(13-14(12)16-20-15-13)7-6-10-4-2-1-3-5-10/h1-5,8-9H,6-7H2. The maximum absolute atomic E-state index is 10.9. The fourth-order valence-electron chi connectivity index (χ4n) is 2.18. The van der Waals surface area contributed by atoms with Gasteiger partial charge in [-0.05, 0) is 40.3 Å². The number of nitrogens with zero attached hydrogens (tertiary/aromatic N) is 3. The van der Waals surface area contributed by atoms with Crippen LogP contribution in [-0.4, -0.2) is 15.2 Å². The smallest absolute Gasteiger partial charge is 0.258 e. The molecule has 3 rings (SSSR count). The average Bonchev–Trinajstić information content (AvgIpc) is 2.95. The van der Waals surface area contributed by atoms with E-state index in [9.17, 15) is 10.1 Å². The van der Waals surface area contributed by atoms with Crippen molar-refractivity contribution < 1.29 is 9.55 Å². The van der Waals surface area contributed by atoms with Crippen LogP contribution >= 0.6 is 0 Å². The van der Waals surface area contributed by atoms with Gasteiger partial charge in [0.2, 0.25) is 5.52 Å². The first kappa shape index (κ1) is 12.3. The summed E-state index contributed by atoms with van der Waals surface area (Å²) in [4.78, 5) is 10.4. The first-order valence-corrected chi connectivity index (χ1v) is 6.18. The minimum atomic E-state index is -0.479. The molecule has 2 aromatic carbocycles. The molecule has 0 radical (unpaired) electrons. The normalized spacial score (nSPS) is 10.8. The molecule has 0 amide bonds. The number of benzene rings is 2. The van der Waals surface area contributed by atoms with Crippen LogP contribution in [0.5, 0.6) is 0 Å². The van der Waals surface area contributed by atoms with Crippen LogP contribution in [0, 0.1) is 10.1 Å². The summed E-state index contributed by atoms with van der Waals surface area (Å²) in [6, 6.07) is 13.2. The minimum Gasteiger partial charge on any atom is -0.258 e. The highest BCUT2D eigenvalue weighted by molar-refractivity contribution is 5.85. The lowest BCUT2D eigenvalue weighted by molar-refractivity contribution is -0.383. The van der Waals surface area contributed by atoms with Crippen molar-refractivity contribution in [1.82, 2.24) is 10.3 Å². The maximum Gasteiger partial charge on any atom is 0.300 e. The second kappa shape index (κ2) is 5.08. The number of non-ortho nitro benzene ring substituents is 1. The van der Waals surface area contributed by atoms with Crippen LogP contribution in [0.25, 0.3) is 11.0 Å². The Morgan fingerprint density at radius 1 is 1.00 bits per heavy atom. The molecular formula is C14H11N3O3. The lowest BCUT2D eigenvalue weighted by Gasteiger charge is -2.02. The summed E-state index contributed by atoms with van der Waals surface area (Å²) in [5.41, 5.74) is 2.70. The molecule has 0 unspecified atom stereocenters. The van der Waals surface area contributed by atoms with Gasteiger partial charge < -0.3 is 0 Å². The predicted octanol–water partition coefficient (Wildman–Crippen LogP) is 2.92. The zero-order valence-corrected chi connectivity index (χ0v) is 10.5. The highest BCUT2D eigenvalue weighted by Gasteiger charge is 2.19. The van der Waals surface area contributed by atoms with Crippen molar-refractivity contribution in [3.63, 3.8) is 0 Å². The molecule has 6 heteroatoms. The van der Waals surface area contributed by atoms with E-state index in [4.69, 9.17) is 0 Å². The number of hydrogen-bond acceptors (Lipinski definition) is 5. The van der Waals surface area contributed by atoms with E-state index in [-0.39, 0.29) is 11.2 Å². The lowest BCUT2D eigenvalue weighted by Crippen LogP contribution is -1.95. The number of fused-ring (bicyclic) bond motifs is 1. The molecule has 0 bridgehead atoms. The van der Waals surface area contributed by atoms with E-state index >= 15 is 0 Å². The van der Waals surface area contributed by atoms with Crippen molar-refractivity contribution >= 4 is 16.7 Å². The highest BCUT2D eigenvalue weighted by Crippen LogP contribution is 2.26. The third kappa shape index (κ3) is 2.23. The van der Waals surface area contributed by atoms with E-state index in [1.807, 2.05) is 30.3 Å². The van der Waals surface area contributed by atoms with Gasteiger partial charge in [-0.1, -0.05) is 30.3 Å². The highest BCUT2D eigenvalue weighted by atomic mass is 16.6. The topological polar surface area (TPSA) is 82.1 Å². The van der Waals surface area contributed by atoms with Crippen molar-refractivity contribution in [3.05, 3.63) is 63.7 Å². The first-order valence-electron chi connectivity index (χ1n) is 6.18. The van der Waals surface area contributed by atoms with Crippen LogP contribution in [0.3, 0.4) is 0 Å². The second-order valence-electron chi connectivity index (χ2n) is 4.45. The Bertz CT molecular complexity index is 753. The van der Waals surface area contributed by atoms with Gasteiger partial charge >= 0.3 is 5.69 Å². The van der Waals surface area contributed by atoms with Crippen molar-refractivity contribution in [2.45, 2.75) is 12.8 Å². The maximum atomic E-state index is 10.9. The Kier molecular flexibility index (Phi) is 3.12. The van der Waals surface area contributed by atoms with E-state index in [2.05, 4.69) is 14.9 Å². The van der Waals surface area contributed by atoms with Crippen LogP contribution in [0.1, 0.15) is 11.1 Å². The summed E-state index contributed by atoms with van der Waals surface area (Å²) in [7, 11) is 0. The molecule has 0 aliphatic carbocycles. The van der Waals surface area contributed by atoms with Crippen LogP contribution < -0.4 is 0 Å². The van der Waals surface area contributed by atoms with Gasteiger partial charge in [0.1, 0.15) is 5.52 Å². The van der Waals surface area contributed by atoms with Gasteiger partial charge in [0.25, 0.3) is 0 Å². The van der Waals surface area contributed by atoms with Gasteiger partial charge in [-0.2, -0.15) is 0 Å². The summed E-state index contributed by atoms with van der Waals surface area (Å²) in [6.45, 7) is 0. The predicted molar refractivity (Wildman–Crippen MR) is 72.3 cm³/mol. The van der Waals surface area contributed by atoms with Crippen molar-refractivity contribution in [3.8, 4) is 0 Å². The molecule has 0 saturated heterocycles. The second-order valence-corrected chi connectivity index (χ2v) is 4.45. The Hall–Kier alpha value is -2.76. The Morgan fingerprint density at radius 3 is 2.50 bits per heavy atom. The summed E-state index contributed by atoms with van der Waals surface area (Å²) in [5.74, 6) is 0. The Balaban J connectivity index is 1.91. The van der Waals surface area contributed by atoms with Gasteiger partial charge in [-0.3, -0.25) is 10.1 Å². The van der Waals surface area contributed by atoms with Crippen LogP contribution in [0.4, 0.5) is 5.69 Å². The molecule has 100 valence electrons. The summed E-state index contributed by atoms with van der Waals surface area (Å²) >= 11 is 0. The Labute approximate surface area is 114 Å². The van der Waals surface area contributed by atoms with Gasteiger partial charge in [0.15, 0.2) is 0 Å². The SMILES string of the molecule is O=[N+]([O-])c1ccc(CCc2ccccc2)c2nonc12. The molecule has 0 saturated carbocycles. The zero-order chi connectivity index (χ0) is 13.9. The molecule has 0 spiro atoms. The molecule has 0 aliphatic rings. The summed E-state index contributed by atoms with van der Waals surface area (Å²) in [6.07, 6.45) is 1.56. The molecule has 0 fully saturated rings. The molecule has 3 aromatic rings. The first-order chi connectivity index (χ1) is 9.75. The van der Waals surface area contributed by atoms with Gasteiger partial charge in [-0.15, -0.1) is 0 Å². The van der Waals surface area contributed by atoms with E-state index in [0.717, 1.165) is 18.4 Å².